The fraction of sp³-hybridized carbons (Fsp3) is 0.897. The molecule has 0 aromatic carbocycles. The van der Waals surface area contributed by atoms with E-state index < -0.39 is 30.5 Å². The van der Waals surface area contributed by atoms with E-state index in [0.29, 0.717) is 31.8 Å². The second-order valence-corrected chi connectivity index (χ2v) is 12.1. The summed E-state index contributed by atoms with van der Waals surface area (Å²) < 4.78 is 30.5. The highest BCUT2D eigenvalue weighted by Gasteiger charge is 2.52. The Balaban J connectivity index is 1.10. The highest BCUT2D eigenvalue weighted by molar-refractivity contribution is 5.79. The summed E-state index contributed by atoms with van der Waals surface area (Å²) in [5.41, 5.74) is 1.18. The summed E-state index contributed by atoms with van der Waals surface area (Å²) in [4.78, 5) is 12.6. The van der Waals surface area contributed by atoms with E-state index >= 15 is 0 Å². The van der Waals surface area contributed by atoms with Gasteiger partial charge in [0.25, 0.3) is 0 Å². The smallest absolute Gasteiger partial charge is 0.135 e. The third-order valence-electron chi connectivity index (χ3n) is 9.25. The van der Waals surface area contributed by atoms with Gasteiger partial charge in [-0.25, -0.2) is 0 Å². The van der Waals surface area contributed by atoms with E-state index in [1.54, 1.807) is 0 Å². The summed E-state index contributed by atoms with van der Waals surface area (Å²) >= 11 is 0. The Morgan fingerprint density at radius 3 is 2.46 bits per heavy atom. The van der Waals surface area contributed by atoms with Crippen LogP contribution in [0.4, 0.5) is 0 Å². The number of hydrogen-bond donors (Lipinski definition) is 2. The van der Waals surface area contributed by atoms with Gasteiger partial charge < -0.3 is 33.9 Å². The van der Waals surface area contributed by atoms with Crippen LogP contribution in [0, 0.1) is 11.8 Å². The zero-order valence-electron chi connectivity index (χ0n) is 22.5. The largest absolute Gasteiger partial charge is 0.390 e. The molecule has 2 N–H and O–H groups in total. The number of fused-ring (bicyclic) bond motifs is 1. The molecule has 5 heterocycles. The van der Waals surface area contributed by atoms with Crippen LogP contribution in [0.15, 0.2) is 12.2 Å². The molecule has 0 aliphatic carbocycles. The Labute approximate surface area is 221 Å². The van der Waals surface area contributed by atoms with Crippen molar-refractivity contribution >= 4 is 5.78 Å². The van der Waals surface area contributed by atoms with Crippen molar-refractivity contribution in [1.82, 2.24) is 0 Å². The highest BCUT2D eigenvalue weighted by atomic mass is 16.6. The molecule has 5 aliphatic heterocycles. The first-order chi connectivity index (χ1) is 17.8. The Kier molecular flexibility index (Phi) is 9.06. The molecule has 0 bridgehead atoms. The van der Waals surface area contributed by atoms with Crippen molar-refractivity contribution in [3.63, 3.8) is 0 Å². The number of ether oxygens (including phenoxy) is 5. The predicted molar refractivity (Wildman–Crippen MR) is 136 cm³/mol. The minimum Gasteiger partial charge on any atom is -0.390 e. The van der Waals surface area contributed by atoms with Crippen molar-refractivity contribution in [2.75, 3.05) is 13.2 Å². The summed E-state index contributed by atoms with van der Waals surface area (Å²) in [5.74, 6) is 0.284. The molecule has 5 aliphatic rings. The van der Waals surface area contributed by atoms with Gasteiger partial charge >= 0.3 is 0 Å². The topological polar surface area (TPSA) is 104 Å². The van der Waals surface area contributed by atoms with Crippen molar-refractivity contribution in [3.8, 4) is 0 Å². The molecule has 0 spiro atoms. The van der Waals surface area contributed by atoms with Crippen molar-refractivity contribution in [1.29, 1.82) is 0 Å². The van der Waals surface area contributed by atoms with Gasteiger partial charge in [-0.2, -0.15) is 0 Å². The third kappa shape index (κ3) is 6.32. The molecule has 8 nitrogen and oxygen atoms in total. The molecule has 0 amide bonds. The number of carbonyl (C=O) groups excluding carboxylic acids is 1. The van der Waals surface area contributed by atoms with Crippen molar-refractivity contribution < 1.29 is 38.7 Å². The standard InChI is InChI=1S/C29H46O8/c1-4-24-16(2)11-20(34-24)5-6-22-14-23(31)28(35-22)27-17(3)26(32)29-25(37-27)8-7-21(36-29)13-19(30)12-18-9-10-33-15-18/h17-18,20-29,31-32H,2,4-15H2,1,3H3/t17-,18-,20-,21+,22+,23+,24-,25-,26?,27?,28?,29?/m0/s1. The number of aliphatic hydroxyl groups excluding tert-OH is 2. The molecule has 0 aromatic heterocycles. The molecule has 5 rings (SSSR count). The molecule has 37 heavy (non-hydrogen) atoms. The lowest BCUT2D eigenvalue weighted by molar-refractivity contribution is -0.267. The number of ketones is 1. The van der Waals surface area contributed by atoms with E-state index in [1.807, 2.05) is 6.92 Å². The first-order valence-corrected chi connectivity index (χ1v) is 14.6. The SMILES string of the molecule is C=C1C[C@H](CC[C@@H]2C[C@@H](O)C(C3O[C@H]4CC[C@H](CC(=O)C[C@@H]5CCOC5)OC4C(O)[C@@H]3C)O2)O[C@H]1CC. The monoisotopic (exact) mass is 522 g/mol. The van der Waals surface area contributed by atoms with E-state index in [0.717, 1.165) is 51.6 Å². The van der Waals surface area contributed by atoms with E-state index in [1.165, 1.54) is 5.57 Å². The average Bonchev–Trinajstić information content (AvgIpc) is 3.60. The summed E-state index contributed by atoms with van der Waals surface area (Å²) in [6, 6.07) is 0. The summed E-state index contributed by atoms with van der Waals surface area (Å²) in [5, 5.41) is 22.1. The van der Waals surface area contributed by atoms with Crippen LogP contribution in [0.3, 0.4) is 0 Å². The normalized spacial score (nSPS) is 46.3. The minimum atomic E-state index is -0.733. The van der Waals surface area contributed by atoms with Gasteiger partial charge in [0.05, 0.1) is 48.8 Å². The molecule has 210 valence electrons. The maximum atomic E-state index is 12.6. The lowest BCUT2D eigenvalue weighted by Crippen LogP contribution is -2.61. The molecule has 5 saturated heterocycles. The number of Topliss-reactive ketones (excluding diaryl/α,β-unsaturated/α-hetero) is 1. The summed E-state index contributed by atoms with van der Waals surface area (Å²) in [6.45, 7) is 9.62. The lowest BCUT2D eigenvalue weighted by Gasteiger charge is -2.49. The number of rotatable bonds is 9. The molecule has 0 radical (unpaired) electrons. The van der Waals surface area contributed by atoms with E-state index in [-0.39, 0.29) is 42.2 Å². The molecule has 8 heteroatoms. The minimum absolute atomic E-state index is 0.0496. The molecular weight excluding hydrogens is 476 g/mol. The van der Waals surface area contributed by atoms with Crippen molar-refractivity contribution in [3.05, 3.63) is 12.2 Å². The fourth-order valence-electron chi connectivity index (χ4n) is 7.07. The molecule has 0 saturated carbocycles. The van der Waals surface area contributed by atoms with E-state index in [9.17, 15) is 15.0 Å². The van der Waals surface area contributed by atoms with Gasteiger partial charge in [-0.15, -0.1) is 0 Å². The van der Waals surface area contributed by atoms with Gasteiger partial charge in [0.1, 0.15) is 18.0 Å². The zero-order valence-corrected chi connectivity index (χ0v) is 22.5. The second kappa shape index (κ2) is 12.1. The number of aliphatic hydroxyl groups is 2. The van der Waals surface area contributed by atoms with Crippen LogP contribution in [0.25, 0.3) is 0 Å². The van der Waals surface area contributed by atoms with Crippen LogP contribution in [0.2, 0.25) is 0 Å². The molecule has 12 atom stereocenters. The molecular formula is C29H46O8. The Bertz CT molecular complexity index is 795. The maximum absolute atomic E-state index is 12.6. The predicted octanol–water partition coefficient (Wildman–Crippen LogP) is 3.11. The van der Waals surface area contributed by atoms with Gasteiger partial charge in [0.15, 0.2) is 0 Å². The Morgan fingerprint density at radius 1 is 0.946 bits per heavy atom. The molecule has 5 fully saturated rings. The second-order valence-electron chi connectivity index (χ2n) is 12.1. The van der Waals surface area contributed by atoms with Crippen LogP contribution in [0.1, 0.15) is 78.1 Å². The lowest BCUT2D eigenvalue weighted by atomic mass is 9.81. The van der Waals surface area contributed by atoms with Crippen LogP contribution in [-0.2, 0) is 28.5 Å². The zero-order chi connectivity index (χ0) is 26.1. The van der Waals surface area contributed by atoms with E-state index in [2.05, 4.69) is 13.5 Å². The Hall–Kier alpha value is -0.870. The highest BCUT2D eigenvalue weighted by Crippen LogP contribution is 2.40. The van der Waals surface area contributed by atoms with Crippen molar-refractivity contribution in [2.45, 2.75) is 139 Å². The summed E-state index contributed by atoms with van der Waals surface area (Å²) in [7, 11) is 0. The number of hydrogen-bond acceptors (Lipinski definition) is 8. The molecule has 0 aromatic rings. The third-order valence-corrected chi connectivity index (χ3v) is 9.25. The van der Waals surface area contributed by atoms with Crippen LogP contribution in [-0.4, -0.2) is 90.2 Å². The maximum Gasteiger partial charge on any atom is 0.135 e. The van der Waals surface area contributed by atoms with Crippen LogP contribution < -0.4 is 0 Å². The quantitative estimate of drug-likeness (QED) is 0.445. The van der Waals surface area contributed by atoms with Gasteiger partial charge in [-0.05, 0) is 56.4 Å². The van der Waals surface area contributed by atoms with Gasteiger partial charge in [-0.1, -0.05) is 20.4 Å². The van der Waals surface area contributed by atoms with Gasteiger partial charge in [0, 0.05) is 38.4 Å². The van der Waals surface area contributed by atoms with Crippen LogP contribution >= 0.6 is 0 Å². The first-order valence-electron chi connectivity index (χ1n) is 14.6. The average molecular weight is 523 g/mol. The van der Waals surface area contributed by atoms with Crippen LogP contribution in [0.5, 0.6) is 0 Å². The summed E-state index contributed by atoms with van der Waals surface area (Å²) in [6.07, 6.45) is 4.63. The number of carbonyl (C=O) groups is 1. The van der Waals surface area contributed by atoms with E-state index in [4.69, 9.17) is 23.7 Å². The Morgan fingerprint density at radius 2 is 1.73 bits per heavy atom. The first kappa shape index (κ1) is 27.7. The van der Waals surface area contributed by atoms with Gasteiger partial charge in [-0.3, -0.25) is 4.79 Å². The molecule has 4 unspecified atom stereocenters. The van der Waals surface area contributed by atoms with Crippen molar-refractivity contribution in [2.24, 2.45) is 11.8 Å². The fourth-order valence-corrected chi connectivity index (χ4v) is 7.07. The van der Waals surface area contributed by atoms with Gasteiger partial charge in [0.2, 0.25) is 0 Å².